The molecular formula is C18H32. The Morgan fingerprint density at radius 1 is 0.833 bits per heavy atom. The topological polar surface area (TPSA) is 0 Å². The van der Waals surface area contributed by atoms with Crippen molar-refractivity contribution in [3.63, 3.8) is 0 Å². The first-order valence-electron chi connectivity index (χ1n) is 5.79. The van der Waals surface area contributed by atoms with Crippen molar-refractivity contribution >= 4 is 10.8 Å². The third-order valence-corrected chi connectivity index (χ3v) is 2.59. The van der Waals surface area contributed by atoms with Gasteiger partial charge in [-0.3, -0.25) is 0 Å². The molecule has 0 amide bonds. The van der Waals surface area contributed by atoms with Crippen molar-refractivity contribution in [1.82, 2.24) is 0 Å². The van der Waals surface area contributed by atoms with Crippen LogP contribution in [0.2, 0.25) is 0 Å². The largest absolute Gasteiger partial charge is 0.0776 e. The molecular weight excluding hydrogens is 216 g/mol. The predicted octanol–water partition coefficient (Wildman–Crippen LogP) is 6.65. The molecule has 104 valence electrons. The molecule has 0 heteroatoms. The number of hydrogen-bond donors (Lipinski definition) is 0. The Morgan fingerprint density at radius 3 is 1.72 bits per heavy atom. The van der Waals surface area contributed by atoms with Gasteiger partial charge in [-0.05, 0) is 35.2 Å². The van der Waals surface area contributed by atoms with Crippen LogP contribution in [0.3, 0.4) is 0 Å². The summed E-state index contributed by atoms with van der Waals surface area (Å²) in [4.78, 5) is 0. The SMILES string of the molecule is C.C.C.CC.CCc1cc2ccccc2cc1C. The minimum absolute atomic E-state index is 0. The molecule has 0 aromatic heterocycles. The molecule has 2 rings (SSSR count). The second-order valence-corrected chi connectivity index (χ2v) is 3.48. The minimum atomic E-state index is 0. The normalized spacial score (nSPS) is 8.00. The highest BCUT2D eigenvalue weighted by Gasteiger charge is 1.98. The molecule has 0 radical (unpaired) electrons. The van der Waals surface area contributed by atoms with Crippen molar-refractivity contribution in [1.29, 1.82) is 0 Å². The summed E-state index contributed by atoms with van der Waals surface area (Å²) in [6.07, 6.45) is 1.12. The Hall–Kier alpha value is -1.30. The maximum Gasteiger partial charge on any atom is -0.0181 e. The summed E-state index contributed by atoms with van der Waals surface area (Å²) in [7, 11) is 0. The Labute approximate surface area is 115 Å². The van der Waals surface area contributed by atoms with E-state index in [1.54, 1.807) is 0 Å². The highest BCUT2D eigenvalue weighted by Crippen LogP contribution is 2.19. The average Bonchev–Trinajstić information content (AvgIpc) is 2.31. The van der Waals surface area contributed by atoms with E-state index in [0.717, 1.165) is 6.42 Å². The van der Waals surface area contributed by atoms with Crippen LogP contribution in [0.1, 0.15) is 54.2 Å². The van der Waals surface area contributed by atoms with Crippen LogP contribution >= 0.6 is 0 Å². The molecule has 0 saturated heterocycles. The molecule has 0 nitrogen and oxygen atoms in total. The molecule has 18 heavy (non-hydrogen) atoms. The maximum absolute atomic E-state index is 2.30. The molecule has 0 aliphatic rings. The van der Waals surface area contributed by atoms with E-state index < -0.39 is 0 Å². The van der Waals surface area contributed by atoms with Crippen LogP contribution in [-0.4, -0.2) is 0 Å². The Morgan fingerprint density at radius 2 is 1.28 bits per heavy atom. The molecule has 0 aliphatic carbocycles. The van der Waals surface area contributed by atoms with Gasteiger partial charge in [0.25, 0.3) is 0 Å². The summed E-state index contributed by atoms with van der Waals surface area (Å²) in [5.41, 5.74) is 2.86. The summed E-state index contributed by atoms with van der Waals surface area (Å²) in [6.45, 7) is 8.39. The van der Waals surface area contributed by atoms with E-state index in [2.05, 4.69) is 50.2 Å². The third-order valence-electron chi connectivity index (χ3n) is 2.59. The van der Waals surface area contributed by atoms with Gasteiger partial charge < -0.3 is 0 Å². The molecule has 0 atom stereocenters. The van der Waals surface area contributed by atoms with Crippen molar-refractivity contribution in [3.05, 3.63) is 47.5 Å². The maximum atomic E-state index is 2.30. The van der Waals surface area contributed by atoms with E-state index in [1.165, 1.54) is 21.9 Å². The van der Waals surface area contributed by atoms with Gasteiger partial charge in [-0.25, -0.2) is 0 Å². The monoisotopic (exact) mass is 248 g/mol. The van der Waals surface area contributed by atoms with Gasteiger partial charge in [0.2, 0.25) is 0 Å². The van der Waals surface area contributed by atoms with Gasteiger partial charge in [0.05, 0.1) is 0 Å². The average molecular weight is 248 g/mol. The second kappa shape index (κ2) is 10.8. The zero-order chi connectivity index (χ0) is 11.3. The fourth-order valence-electron chi connectivity index (χ4n) is 1.78. The van der Waals surface area contributed by atoms with Crippen molar-refractivity contribution in [2.24, 2.45) is 0 Å². The fourth-order valence-corrected chi connectivity index (χ4v) is 1.78. The van der Waals surface area contributed by atoms with Crippen LogP contribution in [0.25, 0.3) is 10.8 Å². The Balaban J connectivity index is -0.000000429. The van der Waals surface area contributed by atoms with Crippen LogP contribution in [-0.2, 0) is 6.42 Å². The van der Waals surface area contributed by atoms with Gasteiger partial charge in [-0.15, -0.1) is 0 Å². The Kier molecular flexibility index (Phi) is 13.2. The summed E-state index contributed by atoms with van der Waals surface area (Å²) in [5, 5.41) is 2.70. The molecule has 2 aromatic rings. The van der Waals surface area contributed by atoms with E-state index >= 15 is 0 Å². The molecule has 0 fully saturated rings. The zero-order valence-corrected chi connectivity index (χ0v) is 10.2. The summed E-state index contributed by atoms with van der Waals surface area (Å²) in [5.74, 6) is 0. The number of aryl methyl sites for hydroxylation is 2. The van der Waals surface area contributed by atoms with Crippen molar-refractivity contribution in [2.75, 3.05) is 0 Å². The number of fused-ring (bicyclic) bond motifs is 1. The lowest BCUT2D eigenvalue weighted by Crippen LogP contribution is -1.86. The lowest BCUT2D eigenvalue weighted by Gasteiger charge is -2.05. The van der Waals surface area contributed by atoms with Crippen LogP contribution in [0, 0.1) is 6.92 Å². The van der Waals surface area contributed by atoms with Crippen molar-refractivity contribution in [3.8, 4) is 0 Å². The highest BCUT2D eigenvalue weighted by molar-refractivity contribution is 5.83. The van der Waals surface area contributed by atoms with Gasteiger partial charge in [0.1, 0.15) is 0 Å². The van der Waals surface area contributed by atoms with Crippen LogP contribution < -0.4 is 0 Å². The van der Waals surface area contributed by atoms with E-state index in [1.807, 2.05) is 13.8 Å². The minimum Gasteiger partial charge on any atom is -0.0776 e. The quantitative estimate of drug-likeness (QED) is 0.530. The molecule has 0 N–H and O–H groups in total. The van der Waals surface area contributed by atoms with Crippen LogP contribution in [0.15, 0.2) is 36.4 Å². The summed E-state index contributed by atoms with van der Waals surface area (Å²) in [6, 6.07) is 13.1. The van der Waals surface area contributed by atoms with Gasteiger partial charge in [0, 0.05) is 0 Å². The molecule has 0 heterocycles. The van der Waals surface area contributed by atoms with Gasteiger partial charge in [-0.2, -0.15) is 0 Å². The van der Waals surface area contributed by atoms with E-state index in [-0.39, 0.29) is 22.3 Å². The fraction of sp³-hybridized carbons (Fsp3) is 0.444. The first-order chi connectivity index (χ1) is 7.31. The third kappa shape index (κ3) is 4.91. The van der Waals surface area contributed by atoms with Crippen LogP contribution in [0.5, 0.6) is 0 Å². The Bertz CT molecular complexity index is 427. The standard InChI is InChI=1S/C13H14.C2H6.3CH4/c1-3-11-9-13-7-5-4-6-12(13)8-10(11)2;1-2;;;/h4-9H,3H2,1-2H3;1-2H3;3*1H4. The van der Waals surface area contributed by atoms with Gasteiger partial charge in [-0.1, -0.05) is 79.4 Å². The summed E-state index contributed by atoms with van der Waals surface area (Å²) >= 11 is 0. The second-order valence-electron chi connectivity index (χ2n) is 3.48. The molecule has 0 unspecified atom stereocenters. The first kappa shape index (κ1) is 21.9. The van der Waals surface area contributed by atoms with E-state index in [0.29, 0.717) is 0 Å². The highest BCUT2D eigenvalue weighted by atomic mass is 14.0. The van der Waals surface area contributed by atoms with E-state index in [4.69, 9.17) is 0 Å². The molecule has 0 saturated carbocycles. The molecule has 0 spiro atoms. The number of benzene rings is 2. The lowest BCUT2D eigenvalue weighted by atomic mass is 10.0. The van der Waals surface area contributed by atoms with Gasteiger partial charge >= 0.3 is 0 Å². The van der Waals surface area contributed by atoms with Crippen LogP contribution in [0.4, 0.5) is 0 Å². The lowest BCUT2D eigenvalue weighted by molar-refractivity contribution is 1.12. The van der Waals surface area contributed by atoms with Gasteiger partial charge in [0.15, 0.2) is 0 Å². The smallest absolute Gasteiger partial charge is 0.0181 e. The van der Waals surface area contributed by atoms with E-state index in [9.17, 15) is 0 Å². The van der Waals surface area contributed by atoms with Crippen molar-refractivity contribution in [2.45, 2.75) is 56.4 Å². The number of rotatable bonds is 1. The molecule has 0 aliphatic heterocycles. The summed E-state index contributed by atoms with van der Waals surface area (Å²) < 4.78 is 0. The first-order valence-corrected chi connectivity index (χ1v) is 5.79. The molecule has 2 aromatic carbocycles. The molecule has 0 bridgehead atoms. The number of hydrogen-bond acceptors (Lipinski definition) is 0. The zero-order valence-electron chi connectivity index (χ0n) is 10.2. The predicted molar refractivity (Wildman–Crippen MR) is 89.6 cm³/mol. The van der Waals surface area contributed by atoms with Crippen molar-refractivity contribution < 1.29 is 0 Å².